The highest BCUT2D eigenvalue weighted by molar-refractivity contribution is 5.95. The van der Waals surface area contributed by atoms with E-state index in [-0.39, 0.29) is 24.2 Å². The molecule has 6 heteroatoms. The summed E-state index contributed by atoms with van der Waals surface area (Å²) in [5, 5.41) is 0. The van der Waals surface area contributed by atoms with Crippen LogP contribution < -0.4 is 4.74 Å². The first-order valence-corrected chi connectivity index (χ1v) is 9.67. The number of carbonyl (C=O) groups is 2. The number of likely N-dealkylation sites (tertiary alicyclic amines) is 1. The summed E-state index contributed by atoms with van der Waals surface area (Å²) in [5.74, 6) is 2.03. The lowest BCUT2D eigenvalue weighted by Crippen LogP contribution is -2.42. The van der Waals surface area contributed by atoms with Crippen molar-refractivity contribution in [3.05, 3.63) is 48.0 Å². The third-order valence-corrected chi connectivity index (χ3v) is 5.09. The lowest BCUT2D eigenvalue weighted by Gasteiger charge is -2.32. The molecule has 6 nitrogen and oxygen atoms in total. The number of hydrogen-bond donors (Lipinski definition) is 0. The molecule has 1 amide bonds. The maximum Gasteiger partial charge on any atom is 0.260 e. The summed E-state index contributed by atoms with van der Waals surface area (Å²) in [7, 11) is 0. The van der Waals surface area contributed by atoms with Crippen LogP contribution in [-0.4, -0.2) is 45.8 Å². The predicted molar refractivity (Wildman–Crippen MR) is 103 cm³/mol. The van der Waals surface area contributed by atoms with Crippen LogP contribution in [-0.2, 0) is 11.3 Å². The summed E-state index contributed by atoms with van der Waals surface area (Å²) in [5.41, 5.74) is 0.668. The molecule has 1 aliphatic heterocycles. The number of aromatic nitrogens is 2. The standard InChI is InChI=1S/C21H27N3O3/c1-3-19(25)16-7-9-18(10-8-16)27-15-20(26)24-12-5-6-17(14-24)21-22-11-13-23(21)4-2/h7-11,13,17H,3-6,12,14-15H2,1-2H3/t17-/m0/s1. The van der Waals surface area contributed by atoms with Crippen LogP contribution in [0.5, 0.6) is 5.75 Å². The Morgan fingerprint density at radius 2 is 2.00 bits per heavy atom. The lowest BCUT2D eigenvalue weighted by atomic mass is 9.97. The maximum atomic E-state index is 12.6. The van der Waals surface area contributed by atoms with Gasteiger partial charge in [-0.25, -0.2) is 4.98 Å². The Morgan fingerprint density at radius 1 is 1.22 bits per heavy atom. The van der Waals surface area contributed by atoms with Gasteiger partial charge in [-0.2, -0.15) is 0 Å². The summed E-state index contributed by atoms with van der Waals surface area (Å²) in [6.45, 7) is 6.28. The first kappa shape index (κ1) is 19.1. The molecule has 0 aliphatic carbocycles. The minimum absolute atomic E-state index is 0.00993. The Balaban J connectivity index is 1.55. The van der Waals surface area contributed by atoms with Gasteiger partial charge >= 0.3 is 0 Å². The number of ether oxygens (including phenoxy) is 1. The highest BCUT2D eigenvalue weighted by Crippen LogP contribution is 2.26. The molecule has 1 aromatic carbocycles. The second-order valence-corrected chi connectivity index (χ2v) is 6.84. The van der Waals surface area contributed by atoms with E-state index in [0.29, 0.717) is 24.3 Å². The summed E-state index contributed by atoms with van der Waals surface area (Å²) >= 11 is 0. The zero-order valence-electron chi connectivity index (χ0n) is 16.1. The summed E-state index contributed by atoms with van der Waals surface area (Å²) in [4.78, 5) is 30.6. The van der Waals surface area contributed by atoms with Gasteiger partial charge in [0, 0.05) is 49.9 Å². The molecule has 3 rings (SSSR count). The molecule has 0 N–H and O–H groups in total. The number of carbonyl (C=O) groups excluding carboxylic acids is 2. The van der Waals surface area contributed by atoms with Crippen LogP contribution in [0.4, 0.5) is 0 Å². The Labute approximate surface area is 160 Å². The molecule has 1 fully saturated rings. The van der Waals surface area contributed by atoms with Crippen LogP contribution in [0.1, 0.15) is 55.2 Å². The van der Waals surface area contributed by atoms with Crippen molar-refractivity contribution in [2.24, 2.45) is 0 Å². The van der Waals surface area contributed by atoms with Crippen molar-refractivity contribution in [1.82, 2.24) is 14.5 Å². The van der Waals surface area contributed by atoms with Crippen LogP contribution in [0.15, 0.2) is 36.7 Å². The zero-order chi connectivity index (χ0) is 19.2. The van der Waals surface area contributed by atoms with Gasteiger partial charge in [-0.3, -0.25) is 9.59 Å². The average molecular weight is 369 g/mol. The van der Waals surface area contributed by atoms with Crippen molar-refractivity contribution in [2.75, 3.05) is 19.7 Å². The van der Waals surface area contributed by atoms with Crippen molar-refractivity contribution in [3.63, 3.8) is 0 Å². The molecule has 0 unspecified atom stereocenters. The fourth-order valence-corrected chi connectivity index (χ4v) is 3.54. The molecule has 0 radical (unpaired) electrons. The molecule has 2 aromatic rings. The van der Waals surface area contributed by atoms with Crippen LogP contribution in [0.3, 0.4) is 0 Å². The van der Waals surface area contributed by atoms with Crippen LogP contribution in [0.2, 0.25) is 0 Å². The van der Waals surface area contributed by atoms with E-state index in [1.165, 1.54) is 0 Å². The highest BCUT2D eigenvalue weighted by Gasteiger charge is 2.27. The number of amides is 1. The van der Waals surface area contributed by atoms with Crippen molar-refractivity contribution >= 4 is 11.7 Å². The van der Waals surface area contributed by atoms with Gasteiger partial charge in [0.2, 0.25) is 0 Å². The number of benzene rings is 1. The Bertz CT molecular complexity index is 782. The molecule has 1 aromatic heterocycles. The molecule has 144 valence electrons. The molecule has 0 bridgehead atoms. The quantitative estimate of drug-likeness (QED) is 0.703. The normalized spacial score (nSPS) is 17.0. The van der Waals surface area contributed by atoms with E-state index in [0.717, 1.165) is 31.8 Å². The monoisotopic (exact) mass is 369 g/mol. The first-order chi connectivity index (χ1) is 13.1. The van der Waals surface area contributed by atoms with E-state index in [1.54, 1.807) is 24.3 Å². The Kier molecular flexibility index (Phi) is 6.27. The molecule has 1 saturated heterocycles. The fourth-order valence-electron chi connectivity index (χ4n) is 3.54. The molecule has 1 atom stereocenters. The summed E-state index contributed by atoms with van der Waals surface area (Å²) in [6.07, 6.45) is 6.32. The van der Waals surface area contributed by atoms with E-state index >= 15 is 0 Å². The molecule has 27 heavy (non-hydrogen) atoms. The minimum atomic E-state index is -0.0111. The third kappa shape index (κ3) is 4.56. The first-order valence-electron chi connectivity index (χ1n) is 9.67. The van der Waals surface area contributed by atoms with Gasteiger partial charge in [0.15, 0.2) is 12.4 Å². The summed E-state index contributed by atoms with van der Waals surface area (Å²) < 4.78 is 7.78. The van der Waals surface area contributed by atoms with E-state index in [1.807, 2.05) is 24.2 Å². The number of nitrogens with zero attached hydrogens (tertiary/aromatic N) is 3. The topological polar surface area (TPSA) is 64.4 Å². The van der Waals surface area contributed by atoms with E-state index in [9.17, 15) is 9.59 Å². The number of hydrogen-bond acceptors (Lipinski definition) is 4. The highest BCUT2D eigenvalue weighted by atomic mass is 16.5. The van der Waals surface area contributed by atoms with Crippen molar-refractivity contribution in [3.8, 4) is 5.75 Å². The SMILES string of the molecule is CCC(=O)c1ccc(OCC(=O)N2CCC[C@H](c3nccn3CC)C2)cc1. The maximum absolute atomic E-state index is 12.6. The molecular formula is C21H27N3O3. The van der Waals surface area contributed by atoms with E-state index in [2.05, 4.69) is 16.5 Å². The zero-order valence-corrected chi connectivity index (χ0v) is 16.1. The number of Topliss-reactive ketones (excluding diaryl/α,β-unsaturated/α-hetero) is 1. The van der Waals surface area contributed by atoms with Gasteiger partial charge in [-0.15, -0.1) is 0 Å². The lowest BCUT2D eigenvalue weighted by molar-refractivity contribution is -0.134. The van der Waals surface area contributed by atoms with Gasteiger partial charge in [-0.1, -0.05) is 6.92 Å². The van der Waals surface area contributed by atoms with Gasteiger partial charge < -0.3 is 14.2 Å². The van der Waals surface area contributed by atoms with Gasteiger partial charge in [0.05, 0.1) is 0 Å². The van der Waals surface area contributed by atoms with Crippen molar-refractivity contribution in [2.45, 2.75) is 45.6 Å². The van der Waals surface area contributed by atoms with Crippen LogP contribution in [0.25, 0.3) is 0 Å². The van der Waals surface area contributed by atoms with Crippen molar-refractivity contribution < 1.29 is 14.3 Å². The number of piperidine rings is 1. The number of rotatable bonds is 7. The molecule has 2 heterocycles. The Hall–Kier alpha value is -2.63. The van der Waals surface area contributed by atoms with Crippen LogP contribution in [0, 0.1) is 0 Å². The largest absolute Gasteiger partial charge is 0.484 e. The number of ketones is 1. The molecule has 0 spiro atoms. The average Bonchev–Trinajstić information content (AvgIpc) is 3.21. The fraction of sp³-hybridized carbons (Fsp3) is 0.476. The molecule has 1 aliphatic rings. The van der Waals surface area contributed by atoms with Gasteiger partial charge in [0.1, 0.15) is 11.6 Å². The third-order valence-electron chi connectivity index (χ3n) is 5.09. The Morgan fingerprint density at radius 3 is 2.70 bits per heavy atom. The van der Waals surface area contributed by atoms with Gasteiger partial charge in [-0.05, 0) is 44.0 Å². The van der Waals surface area contributed by atoms with E-state index in [4.69, 9.17) is 4.74 Å². The smallest absolute Gasteiger partial charge is 0.260 e. The summed E-state index contributed by atoms with van der Waals surface area (Å²) in [6, 6.07) is 6.97. The number of aryl methyl sites for hydroxylation is 1. The van der Waals surface area contributed by atoms with Crippen molar-refractivity contribution in [1.29, 1.82) is 0 Å². The number of imidazole rings is 1. The van der Waals surface area contributed by atoms with Crippen LogP contribution >= 0.6 is 0 Å². The second-order valence-electron chi connectivity index (χ2n) is 6.84. The second kappa shape index (κ2) is 8.84. The molecular weight excluding hydrogens is 342 g/mol. The van der Waals surface area contributed by atoms with Gasteiger partial charge in [0.25, 0.3) is 5.91 Å². The van der Waals surface area contributed by atoms with E-state index < -0.39 is 0 Å². The minimum Gasteiger partial charge on any atom is -0.484 e. The molecule has 0 saturated carbocycles. The predicted octanol–water partition coefficient (Wildman–Crippen LogP) is 3.28.